The van der Waals surface area contributed by atoms with Crippen LogP contribution in [0.2, 0.25) is 0 Å². The summed E-state index contributed by atoms with van der Waals surface area (Å²) in [4.78, 5) is 26.7. The maximum Gasteiger partial charge on any atom is 0.254 e. The molecule has 2 heterocycles. The predicted octanol–water partition coefficient (Wildman–Crippen LogP) is 2.80. The zero-order valence-corrected chi connectivity index (χ0v) is 15.4. The lowest BCUT2D eigenvalue weighted by Crippen LogP contribution is -2.48. The van der Waals surface area contributed by atoms with Crippen LogP contribution >= 0.6 is 0 Å². The van der Waals surface area contributed by atoms with E-state index in [1.807, 2.05) is 29.2 Å². The standard InChI is InChI=1S/C21H26N4O/c1-2-24-11-13-25(14-12-24)21(26)17-8-4-3-7-16(17)20-18-9-5-6-10-19(18)22-15-23-20/h3-4,7-8,15H,2,5-6,9-14H2,1H3. The summed E-state index contributed by atoms with van der Waals surface area (Å²) in [5.74, 6) is 0.125. The third-order valence-corrected chi connectivity index (χ3v) is 5.64. The molecule has 2 aliphatic rings. The highest BCUT2D eigenvalue weighted by atomic mass is 16.2. The highest BCUT2D eigenvalue weighted by molar-refractivity contribution is 6.00. The smallest absolute Gasteiger partial charge is 0.254 e. The van der Waals surface area contributed by atoms with Crippen LogP contribution in [0.1, 0.15) is 41.4 Å². The summed E-state index contributed by atoms with van der Waals surface area (Å²) in [5.41, 5.74) is 5.06. The molecule has 5 heteroatoms. The van der Waals surface area contributed by atoms with Crippen LogP contribution in [-0.2, 0) is 12.8 Å². The molecule has 4 rings (SSSR count). The fraction of sp³-hybridized carbons (Fsp3) is 0.476. The number of likely N-dealkylation sites (N-methyl/N-ethyl adjacent to an activating group) is 1. The molecule has 5 nitrogen and oxygen atoms in total. The van der Waals surface area contributed by atoms with Crippen LogP contribution < -0.4 is 0 Å². The highest BCUT2D eigenvalue weighted by Gasteiger charge is 2.25. The molecule has 26 heavy (non-hydrogen) atoms. The molecule has 1 aliphatic carbocycles. The van der Waals surface area contributed by atoms with Gasteiger partial charge in [-0.1, -0.05) is 25.1 Å². The Hall–Kier alpha value is -2.27. The SMILES string of the molecule is CCN1CCN(C(=O)c2ccccc2-c2ncnc3c2CCCC3)CC1. The van der Waals surface area contributed by atoms with E-state index in [4.69, 9.17) is 0 Å². The van der Waals surface area contributed by atoms with Crippen molar-refractivity contribution in [3.8, 4) is 11.3 Å². The molecule has 2 aromatic rings. The summed E-state index contributed by atoms with van der Waals surface area (Å²) in [5, 5.41) is 0. The topological polar surface area (TPSA) is 49.3 Å². The minimum absolute atomic E-state index is 0.125. The van der Waals surface area contributed by atoms with E-state index in [1.165, 1.54) is 18.4 Å². The summed E-state index contributed by atoms with van der Waals surface area (Å²) in [6.45, 7) is 6.71. The summed E-state index contributed by atoms with van der Waals surface area (Å²) in [6, 6.07) is 7.93. The average molecular weight is 350 g/mol. The zero-order valence-electron chi connectivity index (χ0n) is 15.4. The lowest BCUT2D eigenvalue weighted by molar-refractivity contribution is 0.0644. The molecule has 1 aliphatic heterocycles. The molecule has 1 aromatic carbocycles. The van der Waals surface area contributed by atoms with Crippen LogP contribution in [0, 0.1) is 0 Å². The van der Waals surface area contributed by atoms with Crippen molar-refractivity contribution in [2.24, 2.45) is 0 Å². The third-order valence-electron chi connectivity index (χ3n) is 5.64. The maximum atomic E-state index is 13.2. The number of fused-ring (bicyclic) bond motifs is 1. The number of aryl methyl sites for hydroxylation is 1. The van der Waals surface area contributed by atoms with Crippen molar-refractivity contribution in [2.45, 2.75) is 32.6 Å². The van der Waals surface area contributed by atoms with Gasteiger partial charge < -0.3 is 9.80 Å². The number of piperazine rings is 1. The molecule has 0 bridgehead atoms. The Morgan fingerprint density at radius 2 is 1.81 bits per heavy atom. The number of hydrogen-bond acceptors (Lipinski definition) is 4. The van der Waals surface area contributed by atoms with Crippen molar-refractivity contribution >= 4 is 5.91 Å². The van der Waals surface area contributed by atoms with E-state index >= 15 is 0 Å². The first-order chi connectivity index (χ1) is 12.8. The van der Waals surface area contributed by atoms with Crippen molar-refractivity contribution in [2.75, 3.05) is 32.7 Å². The Morgan fingerprint density at radius 1 is 1.04 bits per heavy atom. The molecule has 0 saturated carbocycles. The molecule has 1 fully saturated rings. The number of nitrogens with zero attached hydrogens (tertiary/aromatic N) is 4. The van der Waals surface area contributed by atoms with E-state index < -0.39 is 0 Å². The third kappa shape index (κ3) is 3.23. The monoisotopic (exact) mass is 350 g/mol. The van der Waals surface area contributed by atoms with Gasteiger partial charge in [-0.2, -0.15) is 0 Å². The Kier molecular flexibility index (Phi) is 4.98. The average Bonchev–Trinajstić information content (AvgIpc) is 2.73. The fourth-order valence-electron chi connectivity index (χ4n) is 4.07. The molecule has 0 unspecified atom stereocenters. The van der Waals surface area contributed by atoms with Gasteiger partial charge in [-0.15, -0.1) is 0 Å². The highest BCUT2D eigenvalue weighted by Crippen LogP contribution is 2.31. The Labute approximate surface area is 155 Å². The minimum atomic E-state index is 0.125. The summed E-state index contributed by atoms with van der Waals surface area (Å²) >= 11 is 0. The number of amides is 1. The van der Waals surface area contributed by atoms with E-state index in [9.17, 15) is 4.79 Å². The number of benzene rings is 1. The van der Waals surface area contributed by atoms with E-state index in [2.05, 4.69) is 21.8 Å². The van der Waals surface area contributed by atoms with E-state index in [1.54, 1.807) is 6.33 Å². The predicted molar refractivity (Wildman–Crippen MR) is 102 cm³/mol. The van der Waals surface area contributed by atoms with Crippen molar-refractivity contribution in [1.29, 1.82) is 0 Å². The molecule has 0 N–H and O–H groups in total. The molecule has 0 spiro atoms. The summed E-state index contributed by atoms with van der Waals surface area (Å²) in [7, 11) is 0. The van der Waals surface area contributed by atoms with E-state index in [-0.39, 0.29) is 5.91 Å². The van der Waals surface area contributed by atoms with Gasteiger partial charge in [0.25, 0.3) is 5.91 Å². The lowest BCUT2D eigenvalue weighted by Gasteiger charge is -2.34. The van der Waals surface area contributed by atoms with Gasteiger partial charge in [0, 0.05) is 48.6 Å². The molecule has 1 saturated heterocycles. The van der Waals surface area contributed by atoms with Crippen LogP contribution in [0.3, 0.4) is 0 Å². The van der Waals surface area contributed by atoms with Gasteiger partial charge >= 0.3 is 0 Å². The van der Waals surface area contributed by atoms with Crippen LogP contribution in [0.4, 0.5) is 0 Å². The van der Waals surface area contributed by atoms with E-state index in [0.29, 0.717) is 0 Å². The summed E-state index contributed by atoms with van der Waals surface area (Å²) < 4.78 is 0. The van der Waals surface area contributed by atoms with Gasteiger partial charge in [0.15, 0.2) is 0 Å². The number of carbonyl (C=O) groups is 1. The number of carbonyl (C=O) groups excluding carboxylic acids is 1. The van der Waals surface area contributed by atoms with Gasteiger partial charge in [0.2, 0.25) is 0 Å². The van der Waals surface area contributed by atoms with Crippen molar-refractivity contribution in [3.05, 3.63) is 47.4 Å². The number of aromatic nitrogens is 2. The van der Waals surface area contributed by atoms with Gasteiger partial charge in [0.1, 0.15) is 6.33 Å². The first-order valence-electron chi connectivity index (χ1n) is 9.71. The Morgan fingerprint density at radius 3 is 2.62 bits per heavy atom. The van der Waals surface area contributed by atoms with Gasteiger partial charge in [-0.25, -0.2) is 9.97 Å². The normalized spacial score (nSPS) is 17.8. The van der Waals surface area contributed by atoms with Gasteiger partial charge in [-0.05, 0) is 38.3 Å². The molecular formula is C21H26N4O. The van der Waals surface area contributed by atoms with Crippen LogP contribution in [0.25, 0.3) is 11.3 Å². The lowest BCUT2D eigenvalue weighted by atomic mass is 9.90. The second kappa shape index (κ2) is 7.54. The van der Waals surface area contributed by atoms with Crippen LogP contribution in [0.15, 0.2) is 30.6 Å². The van der Waals surface area contributed by atoms with Crippen LogP contribution in [0.5, 0.6) is 0 Å². The molecule has 1 aromatic heterocycles. The quantitative estimate of drug-likeness (QED) is 0.854. The molecule has 0 atom stereocenters. The first kappa shape index (κ1) is 17.2. The van der Waals surface area contributed by atoms with Crippen molar-refractivity contribution < 1.29 is 4.79 Å². The first-order valence-corrected chi connectivity index (χ1v) is 9.71. The largest absolute Gasteiger partial charge is 0.336 e. The second-order valence-electron chi connectivity index (χ2n) is 7.13. The van der Waals surface area contributed by atoms with Gasteiger partial charge in [0.05, 0.1) is 5.69 Å². The van der Waals surface area contributed by atoms with E-state index in [0.717, 1.165) is 68.1 Å². The number of hydrogen-bond donors (Lipinski definition) is 0. The number of rotatable bonds is 3. The van der Waals surface area contributed by atoms with Crippen LogP contribution in [-0.4, -0.2) is 58.4 Å². The van der Waals surface area contributed by atoms with Gasteiger partial charge in [-0.3, -0.25) is 4.79 Å². The minimum Gasteiger partial charge on any atom is -0.336 e. The van der Waals surface area contributed by atoms with Crippen molar-refractivity contribution in [1.82, 2.24) is 19.8 Å². The molecule has 136 valence electrons. The fourth-order valence-corrected chi connectivity index (χ4v) is 4.07. The second-order valence-corrected chi connectivity index (χ2v) is 7.13. The molecular weight excluding hydrogens is 324 g/mol. The Balaban J connectivity index is 1.67. The molecule has 1 amide bonds. The molecule has 0 radical (unpaired) electrons. The Bertz CT molecular complexity index is 796. The summed E-state index contributed by atoms with van der Waals surface area (Å²) in [6.07, 6.45) is 6.03. The maximum absolute atomic E-state index is 13.2. The van der Waals surface area contributed by atoms with Crippen molar-refractivity contribution in [3.63, 3.8) is 0 Å². The zero-order chi connectivity index (χ0) is 17.9.